The number of carbonyl (C=O) groups is 1. The molecule has 1 atom stereocenters. The van der Waals surface area contributed by atoms with E-state index in [-0.39, 0.29) is 6.42 Å². The fourth-order valence-electron chi connectivity index (χ4n) is 4.81. The van der Waals surface area contributed by atoms with Crippen LogP contribution in [0.1, 0.15) is 41.3 Å². The quantitative estimate of drug-likeness (QED) is 0.349. The molecule has 0 aliphatic carbocycles. The molecule has 0 bridgehead atoms. The zero-order valence-corrected chi connectivity index (χ0v) is 21.6. The van der Waals surface area contributed by atoms with Crippen LogP contribution in [0, 0.1) is 0 Å². The van der Waals surface area contributed by atoms with Gasteiger partial charge in [0.05, 0.1) is 38.5 Å². The van der Waals surface area contributed by atoms with Gasteiger partial charge in [0.15, 0.2) is 0 Å². The monoisotopic (exact) mass is 517 g/mol. The number of anilines is 2. The first kappa shape index (κ1) is 25.9. The Morgan fingerprint density at radius 1 is 1.13 bits per heavy atom. The van der Waals surface area contributed by atoms with Gasteiger partial charge in [0.1, 0.15) is 17.4 Å². The number of rotatable bonds is 11. The minimum atomic E-state index is -0.870. The van der Waals surface area contributed by atoms with Crippen LogP contribution in [0.3, 0.4) is 0 Å². The van der Waals surface area contributed by atoms with Crippen LogP contribution < -0.4 is 15.4 Å². The summed E-state index contributed by atoms with van der Waals surface area (Å²) < 4.78 is 11.3. The van der Waals surface area contributed by atoms with Crippen LogP contribution in [0.15, 0.2) is 54.7 Å². The number of aryl methyl sites for hydroxylation is 1. The first-order valence-corrected chi connectivity index (χ1v) is 13.3. The molecule has 1 aromatic carbocycles. The van der Waals surface area contributed by atoms with Crippen molar-refractivity contribution in [2.45, 2.75) is 38.3 Å². The normalized spacial score (nSPS) is 16.2. The Morgan fingerprint density at radius 3 is 2.74 bits per heavy atom. The maximum absolute atomic E-state index is 11.6. The topological polar surface area (TPSA) is 109 Å². The summed E-state index contributed by atoms with van der Waals surface area (Å²) in [6.45, 7) is 5.73. The van der Waals surface area contributed by atoms with E-state index in [1.54, 1.807) is 6.20 Å². The van der Waals surface area contributed by atoms with Crippen molar-refractivity contribution in [3.05, 3.63) is 77.1 Å². The van der Waals surface area contributed by atoms with Crippen molar-refractivity contribution in [3.8, 4) is 5.75 Å². The van der Waals surface area contributed by atoms with E-state index < -0.39 is 12.0 Å². The summed E-state index contributed by atoms with van der Waals surface area (Å²) in [4.78, 5) is 23.1. The van der Waals surface area contributed by atoms with Gasteiger partial charge < -0.3 is 25.2 Å². The van der Waals surface area contributed by atoms with Crippen LogP contribution in [0.2, 0.25) is 0 Å². The molecule has 5 rings (SSSR count). The summed E-state index contributed by atoms with van der Waals surface area (Å²) in [5.41, 5.74) is 4.38. The Hall–Kier alpha value is -3.69. The second-order valence-electron chi connectivity index (χ2n) is 9.74. The van der Waals surface area contributed by atoms with Gasteiger partial charge >= 0.3 is 5.97 Å². The predicted molar refractivity (Wildman–Crippen MR) is 146 cm³/mol. The lowest BCUT2D eigenvalue weighted by Crippen LogP contribution is -2.35. The summed E-state index contributed by atoms with van der Waals surface area (Å²) in [5, 5.41) is 16.1. The SMILES string of the molecule is O=C(O)CC(Nc1ccc(OCCc2ccc3c(n2)NCCC3)cn1)c1ccc(CN2CCOCC2)cc1. The summed E-state index contributed by atoms with van der Waals surface area (Å²) in [5.74, 6) is 1.39. The molecule has 1 saturated heterocycles. The Morgan fingerprint density at radius 2 is 1.97 bits per heavy atom. The van der Waals surface area contributed by atoms with Gasteiger partial charge in [0.2, 0.25) is 0 Å². The zero-order chi connectivity index (χ0) is 26.2. The third-order valence-corrected chi connectivity index (χ3v) is 6.91. The van der Waals surface area contributed by atoms with Crippen LogP contribution in [0.25, 0.3) is 0 Å². The third-order valence-electron chi connectivity index (χ3n) is 6.91. The number of pyridine rings is 2. The molecule has 2 aliphatic heterocycles. The molecule has 3 aromatic rings. The minimum Gasteiger partial charge on any atom is -0.492 e. The maximum atomic E-state index is 11.6. The molecule has 0 amide bonds. The van der Waals surface area contributed by atoms with E-state index in [1.807, 2.05) is 24.3 Å². The smallest absolute Gasteiger partial charge is 0.305 e. The van der Waals surface area contributed by atoms with Crippen molar-refractivity contribution in [2.75, 3.05) is 50.1 Å². The van der Waals surface area contributed by atoms with E-state index in [0.29, 0.717) is 24.6 Å². The Balaban J connectivity index is 1.14. The predicted octanol–water partition coefficient (Wildman–Crippen LogP) is 3.92. The molecule has 9 heteroatoms. The molecule has 4 heterocycles. The number of ether oxygens (including phenoxy) is 2. The first-order chi connectivity index (χ1) is 18.6. The number of fused-ring (bicyclic) bond motifs is 1. The van der Waals surface area contributed by atoms with E-state index in [1.165, 1.54) is 11.1 Å². The fourth-order valence-corrected chi connectivity index (χ4v) is 4.81. The third kappa shape index (κ3) is 7.20. The van der Waals surface area contributed by atoms with Gasteiger partial charge in [0, 0.05) is 38.3 Å². The first-order valence-electron chi connectivity index (χ1n) is 13.3. The molecule has 2 aromatic heterocycles. The van der Waals surface area contributed by atoms with Gasteiger partial charge in [-0.3, -0.25) is 9.69 Å². The highest BCUT2D eigenvalue weighted by Crippen LogP contribution is 2.24. The maximum Gasteiger partial charge on any atom is 0.305 e. The highest BCUT2D eigenvalue weighted by molar-refractivity contribution is 5.68. The Kier molecular flexibility index (Phi) is 8.67. The molecular formula is C29H35N5O4. The number of nitrogens with zero attached hydrogens (tertiary/aromatic N) is 3. The van der Waals surface area contributed by atoms with Gasteiger partial charge in [-0.2, -0.15) is 0 Å². The molecule has 9 nitrogen and oxygen atoms in total. The van der Waals surface area contributed by atoms with Crippen molar-refractivity contribution in [1.29, 1.82) is 0 Å². The van der Waals surface area contributed by atoms with Crippen LogP contribution in [0.4, 0.5) is 11.6 Å². The molecule has 2 aliphatic rings. The molecule has 0 radical (unpaired) electrons. The van der Waals surface area contributed by atoms with Crippen molar-refractivity contribution >= 4 is 17.6 Å². The summed E-state index contributed by atoms with van der Waals surface area (Å²) >= 11 is 0. The lowest BCUT2D eigenvalue weighted by Gasteiger charge is -2.26. The van der Waals surface area contributed by atoms with Gasteiger partial charge in [-0.25, -0.2) is 9.97 Å². The number of aliphatic carboxylic acids is 1. The van der Waals surface area contributed by atoms with Crippen LogP contribution >= 0.6 is 0 Å². The van der Waals surface area contributed by atoms with E-state index in [2.05, 4.69) is 44.8 Å². The van der Waals surface area contributed by atoms with Crippen molar-refractivity contribution in [1.82, 2.24) is 14.9 Å². The lowest BCUT2D eigenvalue weighted by atomic mass is 10.0. The van der Waals surface area contributed by atoms with E-state index in [9.17, 15) is 9.90 Å². The Bertz CT molecular complexity index is 1200. The van der Waals surface area contributed by atoms with Crippen LogP contribution in [-0.4, -0.2) is 65.4 Å². The molecule has 1 fully saturated rings. The molecule has 200 valence electrons. The van der Waals surface area contributed by atoms with Crippen molar-refractivity contribution in [2.24, 2.45) is 0 Å². The average Bonchev–Trinajstić information content (AvgIpc) is 2.94. The van der Waals surface area contributed by atoms with Gasteiger partial charge in [0.25, 0.3) is 0 Å². The number of aromatic nitrogens is 2. The molecule has 38 heavy (non-hydrogen) atoms. The number of hydrogen-bond acceptors (Lipinski definition) is 8. The Labute approximate surface area is 223 Å². The largest absolute Gasteiger partial charge is 0.492 e. The molecule has 0 spiro atoms. The van der Waals surface area contributed by atoms with Gasteiger partial charge in [-0.05, 0) is 47.7 Å². The summed E-state index contributed by atoms with van der Waals surface area (Å²) in [7, 11) is 0. The average molecular weight is 518 g/mol. The van der Waals surface area contributed by atoms with Gasteiger partial charge in [-0.15, -0.1) is 0 Å². The van der Waals surface area contributed by atoms with Gasteiger partial charge in [-0.1, -0.05) is 30.3 Å². The molecule has 3 N–H and O–H groups in total. The second kappa shape index (κ2) is 12.7. The number of benzene rings is 1. The number of carboxylic acids is 1. The van der Waals surface area contributed by atoms with Crippen molar-refractivity contribution in [3.63, 3.8) is 0 Å². The fraction of sp³-hybridized carbons (Fsp3) is 0.414. The highest BCUT2D eigenvalue weighted by atomic mass is 16.5. The molecular weight excluding hydrogens is 482 g/mol. The number of hydrogen-bond donors (Lipinski definition) is 3. The zero-order valence-electron chi connectivity index (χ0n) is 21.6. The summed E-state index contributed by atoms with van der Waals surface area (Å²) in [6, 6.07) is 15.6. The van der Waals surface area contributed by atoms with E-state index in [4.69, 9.17) is 14.5 Å². The van der Waals surface area contributed by atoms with E-state index in [0.717, 1.165) is 69.3 Å². The lowest BCUT2D eigenvalue weighted by molar-refractivity contribution is -0.137. The second-order valence-corrected chi connectivity index (χ2v) is 9.74. The highest BCUT2D eigenvalue weighted by Gasteiger charge is 2.17. The summed E-state index contributed by atoms with van der Waals surface area (Å²) in [6.07, 6.45) is 4.54. The van der Waals surface area contributed by atoms with Crippen LogP contribution in [-0.2, 0) is 28.9 Å². The minimum absolute atomic E-state index is 0.0502. The number of morpholine rings is 1. The molecule has 0 saturated carbocycles. The van der Waals surface area contributed by atoms with E-state index >= 15 is 0 Å². The molecule has 1 unspecified atom stereocenters. The standard InChI is InChI=1S/C29H35N5O4/c35-28(36)18-26(22-5-3-21(4-6-22)20-34-13-16-37-17-14-34)33-27-10-9-25(19-31-27)38-15-11-24-8-7-23-2-1-12-30-29(23)32-24/h3-10,19,26H,1-2,11-18,20H2,(H,30,32)(H,31,33)(H,35,36). The number of carboxylic acid groups (broad SMARTS) is 1. The van der Waals surface area contributed by atoms with Crippen molar-refractivity contribution < 1.29 is 19.4 Å². The van der Waals surface area contributed by atoms with Crippen LogP contribution in [0.5, 0.6) is 5.75 Å². The number of nitrogens with one attached hydrogen (secondary N) is 2.